The number of aliphatic hydroxyl groups excluding tert-OH is 2. The minimum atomic E-state index is -4.37. The third-order valence-electron chi connectivity index (χ3n) is 0.945. The highest BCUT2D eigenvalue weighted by Crippen LogP contribution is 2.42. The summed E-state index contributed by atoms with van der Waals surface area (Å²) in [5.41, 5.74) is 4.97. The van der Waals surface area contributed by atoms with E-state index < -0.39 is 33.7 Å². The number of aliphatic hydroxyl groups is 2. The van der Waals surface area contributed by atoms with Crippen LogP contribution in [0.5, 0.6) is 0 Å². The molecule has 0 aromatic rings. The first-order valence-electron chi connectivity index (χ1n) is 4.06. The molecular formula is C5H14NO6P. The fourth-order valence-corrected chi connectivity index (χ4v) is 1.10. The Morgan fingerprint density at radius 1 is 1.62 bits per heavy atom. The predicted molar refractivity (Wildman–Crippen MR) is 43.9 cm³/mol. The molecule has 0 amide bonds. The Morgan fingerprint density at radius 3 is 2.69 bits per heavy atom. The van der Waals surface area contributed by atoms with Crippen LogP contribution in [0.4, 0.5) is 0 Å². The highest BCUT2D eigenvalue weighted by molar-refractivity contribution is 7.47. The molecule has 0 heterocycles. The van der Waals surface area contributed by atoms with Crippen LogP contribution in [0.25, 0.3) is 0 Å². The molecule has 0 spiro atoms. The molecule has 3 atom stereocenters. The zero-order valence-electron chi connectivity index (χ0n) is 7.87. The predicted octanol–water partition coefficient (Wildman–Crippen LogP) is -1.57. The van der Waals surface area contributed by atoms with Crippen molar-refractivity contribution in [2.75, 3.05) is 26.3 Å². The first kappa shape index (κ1) is 11.1. The van der Waals surface area contributed by atoms with Gasteiger partial charge in [0.05, 0.1) is 21.2 Å². The van der Waals surface area contributed by atoms with Gasteiger partial charge in [-0.25, -0.2) is 4.57 Å². The van der Waals surface area contributed by atoms with Crippen molar-refractivity contribution in [2.45, 2.75) is 6.10 Å². The van der Waals surface area contributed by atoms with Crippen molar-refractivity contribution in [3.05, 3.63) is 0 Å². The maximum atomic E-state index is 10.9. The van der Waals surface area contributed by atoms with Gasteiger partial charge in [-0.2, -0.15) is 0 Å². The van der Waals surface area contributed by atoms with E-state index in [1.165, 1.54) is 0 Å². The second-order valence-electron chi connectivity index (χ2n) is 2.11. The van der Waals surface area contributed by atoms with Gasteiger partial charge in [0.15, 0.2) is 0 Å². The van der Waals surface area contributed by atoms with Crippen LogP contribution in [0.15, 0.2) is 0 Å². The Bertz CT molecular complexity index is 205. The van der Waals surface area contributed by atoms with Crippen LogP contribution >= 0.6 is 7.82 Å². The summed E-state index contributed by atoms with van der Waals surface area (Å²) in [6.45, 7) is -2.77. The van der Waals surface area contributed by atoms with Crippen molar-refractivity contribution in [3.8, 4) is 0 Å². The van der Waals surface area contributed by atoms with Gasteiger partial charge in [-0.3, -0.25) is 9.05 Å². The van der Waals surface area contributed by atoms with Crippen LogP contribution in [0.3, 0.4) is 0 Å². The van der Waals surface area contributed by atoms with Gasteiger partial charge in [0.25, 0.3) is 0 Å². The summed E-state index contributed by atoms with van der Waals surface area (Å²) >= 11 is 0. The van der Waals surface area contributed by atoms with E-state index >= 15 is 0 Å². The third-order valence-corrected chi connectivity index (χ3v) is 1.84. The molecule has 0 aliphatic heterocycles. The lowest BCUT2D eigenvalue weighted by atomic mass is 10.4. The summed E-state index contributed by atoms with van der Waals surface area (Å²) < 4.78 is 26.4. The first-order chi connectivity index (χ1) is 6.41. The van der Waals surface area contributed by atoms with E-state index in [1.54, 1.807) is 0 Å². The van der Waals surface area contributed by atoms with Crippen molar-refractivity contribution in [1.29, 1.82) is 0 Å². The van der Waals surface area contributed by atoms with Crippen LogP contribution in [-0.4, -0.2) is 47.6 Å². The van der Waals surface area contributed by atoms with Crippen LogP contribution in [0, 0.1) is 0 Å². The van der Waals surface area contributed by atoms with Gasteiger partial charge in [0.2, 0.25) is 0 Å². The quantitative estimate of drug-likeness (QED) is 0.379. The largest absolute Gasteiger partial charge is 0.472 e. The van der Waals surface area contributed by atoms with Gasteiger partial charge >= 0.3 is 7.82 Å². The van der Waals surface area contributed by atoms with E-state index in [-0.39, 0.29) is 6.54 Å². The molecule has 3 unspecified atom stereocenters. The summed E-state index contributed by atoms with van der Waals surface area (Å²) in [7, 11) is -4.37. The fraction of sp³-hybridized carbons (Fsp3) is 1.00. The lowest BCUT2D eigenvalue weighted by molar-refractivity contribution is 0.0367. The lowest BCUT2D eigenvalue weighted by Crippen LogP contribution is -2.19. The van der Waals surface area contributed by atoms with Crippen molar-refractivity contribution in [2.24, 2.45) is 5.73 Å². The molecule has 13 heavy (non-hydrogen) atoms. The van der Waals surface area contributed by atoms with Crippen molar-refractivity contribution < 1.29 is 30.1 Å². The zero-order valence-corrected chi connectivity index (χ0v) is 7.76. The molecule has 0 aromatic carbocycles. The Morgan fingerprint density at radius 2 is 2.23 bits per heavy atom. The molecule has 0 fully saturated rings. The van der Waals surface area contributed by atoms with Gasteiger partial charge in [-0.15, -0.1) is 0 Å². The molecule has 7 nitrogen and oxygen atoms in total. The minimum Gasteiger partial charge on any atom is -0.394 e. The molecular weight excluding hydrogens is 201 g/mol. The van der Waals surface area contributed by atoms with E-state index in [2.05, 4.69) is 9.05 Å². The molecule has 0 saturated carbocycles. The topological polar surface area (TPSA) is 122 Å². The molecule has 8 heteroatoms. The Hall–Kier alpha value is -0.0100. The van der Waals surface area contributed by atoms with E-state index in [9.17, 15) is 4.57 Å². The second kappa shape index (κ2) is 6.44. The Labute approximate surface area is 77.1 Å². The molecule has 80 valence electrons. The molecule has 0 rings (SSSR count). The van der Waals surface area contributed by atoms with E-state index in [0.717, 1.165) is 0 Å². The van der Waals surface area contributed by atoms with Crippen molar-refractivity contribution >= 4 is 7.82 Å². The van der Waals surface area contributed by atoms with Gasteiger partial charge in [0.1, 0.15) is 6.10 Å². The summed E-state index contributed by atoms with van der Waals surface area (Å²) in [5, 5.41) is 17.1. The molecule has 5 N–H and O–H groups in total. The van der Waals surface area contributed by atoms with Gasteiger partial charge < -0.3 is 20.8 Å². The molecule has 0 saturated heterocycles. The smallest absolute Gasteiger partial charge is 0.394 e. The van der Waals surface area contributed by atoms with Crippen LogP contribution in [0.2, 0.25) is 0 Å². The maximum Gasteiger partial charge on any atom is 0.472 e. The Kier molecular flexibility index (Phi) is 5.49. The number of hydrogen-bond donors (Lipinski definition) is 4. The SMILES string of the molecule is [2H]C(CN)OP(=O)(O)OCC(O)CO. The second-order valence-corrected chi connectivity index (χ2v) is 3.51. The lowest BCUT2D eigenvalue weighted by Gasteiger charge is -2.13. The summed E-state index contributed by atoms with van der Waals surface area (Å²) in [6, 6.07) is 0. The van der Waals surface area contributed by atoms with E-state index in [4.69, 9.17) is 22.2 Å². The number of phosphoric ester groups is 1. The average Bonchev–Trinajstić information content (AvgIpc) is 2.13. The number of nitrogens with two attached hydrogens (primary N) is 1. The standard InChI is InChI=1S/C5H14NO6P/c6-1-2-11-13(9,10)12-4-5(8)3-7/h5,7-8H,1-4,6H2,(H,9,10)/i2D. The zero-order chi connectivity index (χ0) is 11.2. The minimum absolute atomic E-state index is 0.254. The van der Waals surface area contributed by atoms with Gasteiger partial charge in [0, 0.05) is 6.54 Å². The maximum absolute atomic E-state index is 10.9. The monoisotopic (exact) mass is 216 g/mol. The van der Waals surface area contributed by atoms with Crippen molar-refractivity contribution in [1.82, 2.24) is 0 Å². The number of rotatable bonds is 7. The summed E-state index contributed by atoms with van der Waals surface area (Å²) in [5.74, 6) is 0. The molecule has 0 aromatic heterocycles. The van der Waals surface area contributed by atoms with Crippen LogP contribution < -0.4 is 5.73 Å². The average molecular weight is 216 g/mol. The molecule has 0 aliphatic carbocycles. The normalized spacial score (nSPS) is 21.7. The van der Waals surface area contributed by atoms with Crippen LogP contribution in [0.1, 0.15) is 1.37 Å². The van der Waals surface area contributed by atoms with E-state index in [0.29, 0.717) is 0 Å². The fourth-order valence-electron chi connectivity index (χ4n) is 0.401. The number of phosphoric acid groups is 1. The van der Waals surface area contributed by atoms with Crippen LogP contribution in [-0.2, 0) is 13.6 Å². The number of hydrogen-bond acceptors (Lipinski definition) is 6. The molecule has 0 bridgehead atoms. The molecule has 0 radical (unpaired) electrons. The Balaban J connectivity index is 3.89. The first-order valence-corrected chi connectivity index (χ1v) is 4.97. The van der Waals surface area contributed by atoms with Gasteiger partial charge in [-0.1, -0.05) is 0 Å². The highest BCUT2D eigenvalue weighted by atomic mass is 31.2. The van der Waals surface area contributed by atoms with Crippen molar-refractivity contribution in [3.63, 3.8) is 0 Å². The van der Waals surface area contributed by atoms with Gasteiger partial charge in [-0.05, 0) is 0 Å². The summed E-state index contributed by atoms with van der Waals surface area (Å²) in [4.78, 5) is 8.90. The van der Waals surface area contributed by atoms with E-state index in [1.807, 2.05) is 0 Å². The summed E-state index contributed by atoms with van der Waals surface area (Å²) in [6.07, 6.45) is -1.26. The molecule has 0 aliphatic rings. The third kappa shape index (κ3) is 7.09. The highest BCUT2D eigenvalue weighted by Gasteiger charge is 2.21.